The summed E-state index contributed by atoms with van der Waals surface area (Å²) < 4.78 is 0. The quantitative estimate of drug-likeness (QED) is 0.672. The Kier molecular flexibility index (Phi) is 3.17. The maximum absolute atomic E-state index is 11.3. The average Bonchev–Trinajstić information content (AvgIpc) is 2.46. The number of hydrogen-bond donors (Lipinski definition) is 1. The maximum Gasteiger partial charge on any atom is 0.353 e. The first-order chi connectivity index (χ1) is 10.1. The van der Waals surface area contributed by atoms with Gasteiger partial charge in [-0.05, 0) is 31.4 Å². The molecule has 0 amide bonds. The highest BCUT2D eigenvalue weighted by Crippen LogP contribution is 2.40. The second kappa shape index (κ2) is 5.01. The van der Waals surface area contributed by atoms with Crippen LogP contribution in [-0.4, -0.2) is 20.9 Å². The van der Waals surface area contributed by atoms with Crippen molar-refractivity contribution < 1.29 is 4.92 Å². The van der Waals surface area contributed by atoms with Crippen LogP contribution in [0.4, 0.5) is 23.0 Å². The minimum absolute atomic E-state index is 0.105. The largest absolute Gasteiger partial charge is 0.378 e. The first kappa shape index (κ1) is 13.3. The van der Waals surface area contributed by atoms with Crippen LogP contribution in [0.15, 0.2) is 30.6 Å². The Morgan fingerprint density at radius 1 is 1.38 bits per heavy atom. The lowest BCUT2D eigenvalue weighted by atomic mass is 9.96. The number of nitrogen functional groups attached to an aromatic ring is 1. The van der Waals surface area contributed by atoms with Gasteiger partial charge in [0.05, 0.1) is 4.92 Å². The summed E-state index contributed by atoms with van der Waals surface area (Å²) in [6.07, 6.45) is 3.11. The summed E-state index contributed by atoms with van der Waals surface area (Å²) in [6, 6.07) is 7.97. The van der Waals surface area contributed by atoms with Crippen LogP contribution in [0.1, 0.15) is 18.9 Å². The van der Waals surface area contributed by atoms with E-state index in [1.165, 1.54) is 6.33 Å². The summed E-state index contributed by atoms with van der Waals surface area (Å²) >= 11 is 0. The minimum Gasteiger partial charge on any atom is -0.378 e. The Morgan fingerprint density at radius 2 is 2.14 bits per heavy atom. The van der Waals surface area contributed by atoms with Gasteiger partial charge in [-0.25, -0.2) is 9.97 Å². The van der Waals surface area contributed by atoms with Crippen LogP contribution in [0, 0.1) is 10.1 Å². The minimum atomic E-state index is -0.519. The highest BCUT2D eigenvalue weighted by atomic mass is 16.6. The van der Waals surface area contributed by atoms with E-state index in [1.54, 1.807) is 0 Å². The summed E-state index contributed by atoms with van der Waals surface area (Å²) in [7, 11) is 0. The number of anilines is 3. The summed E-state index contributed by atoms with van der Waals surface area (Å²) in [5.41, 5.74) is 7.54. The van der Waals surface area contributed by atoms with Crippen molar-refractivity contribution in [3.05, 3.63) is 46.3 Å². The molecule has 7 nitrogen and oxygen atoms in total. The zero-order chi connectivity index (χ0) is 15.0. The molecular formula is C14H15N5O2. The highest BCUT2D eigenvalue weighted by molar-refractivity contribution is 5.76. The van der Waals surface area contributed by atoms with Crippen LogP contribution in [0.5, 0.6) is 0 Å². The van der Waals surface area contributed by atoms with Crippen molar-refractivity contribution >= 4 is 23.0 Å². The lowest BCUT2D eigenvalue weighted by Gasteiger charge is -2.35. The van der Waals surface area contributed by atoms with Gasteiger partial charge in [0.15, 0.2) is 0 Å². The molecule has 2 heterocycles. The van der Waals surface area contributed by atoms with Gasteiger partial charge >= 0.3 is 5.69 Å². The molecule has 1 aliphatic heterocycles. The number of aryl methyl sites for hydroxylation is 1. The molecule has 0 saturated carbocycles. The van der Waals surface area contributed by atoms with E-state index in [1.807, 2.05) is 36.1 Å². The standard InChI is InChI=1S/C14H15N5O2/c1-9-6-7-10-4-2-3-5-11(10)18(9)14-12(19(20)21)13(15)16-8-17-14/h2-5,8-9H,6-7H2,1H3,(H2,15,16,17). The zero-order valence-electron chi connectivity index (χ0n) is 11.6. The normalized spacial score (nSPS) is 17.4. The van der Waals surface area contributed by atoms with Crippen molar-refractivity contribution in [3.63, 3.8) is 0 Å². The Balaban J connectivity index is 2.21. The van der Waals surface area contributed by atoms with E-state index >= 15 is 0 Å². The van der Waals surface area contributed by atoms with E-state index in [-0.39, 0.29) is 23.4 Å². The summed E-state index contributed by atoms with van der Waals surface area (Å²) in [6.45, 7) is 2.03. The SMILES string of the molecule is CC1CCc2ccccc2N1c1ncnc(N)c1[N+](=O)[O-]. The molecule has 21 heavy (non-hydrogen) atoms. The van der Waals surface area contributed by atoms with E-state index in [2.05, 4.69) is 9.97 Å². The predicted octanol–water partition coefficient (Wildman–Crippen LogP) is 2.44. The van der Waals surface area contributed by atoms with Crippen LogP contribution in [0.2, 0.25) is 0 Å². The fourth-order valence-corrected chi connectivity index (χ4v) is 2.75. The van der Waals surface area contributed by atoms with Gasteiger partial charge in [0, 0.05) is 11.7 Å². The first-order valence-corrected chi connectivity index (χ1v) is 6.71. The van der Waals surface area contributed by atoms with Crippen molar-refractivity contribution in [1.29, 1.82) is 0 Å². The molecule has 0 aliphatic carbocycles. The van der Waals surface area contributed by atoms with Crippen LogP contribution in [0.25, 0.3) is 0 Å². The van der Waals surface area contributed by atoms with Gasteiger partial charge in [-0.15, -0.1) is 0 Å². The van der Waals surface area contributed by atoms with Crippen LogP contribution in [-0.2, 0) is 6.42 Å². The van der Waals surface area contributed by atoms with Gasteiger partial charge in [-0.1, -0.05) is 18.2 Å². The third kappa shape index (κ3) is 2.16. The molecule has 0 saturated heterocycles. The number of nitrogens with two attached hydrogens (primary N) is 1. The Labute approximate surface area is 121 Å². The third-order valence-corrected chi connectivity index (χ3v) is 3.77. The molecule has 1 unspecified atom stereocenters. The van der Waals surface area contributed by atoms with Gasteiger partial charge < -0.3 is 10.6 Å². The average molecular weight is 285 g/mol. The molecule has 2 N–H and O–H groups in total. The second-order valence-corrected chi connectivity index (χ2v) is 5.07. The number of hydrogen-bond acceptors (Lipinski definition) is 6. The number of nitrogens with zero attached hydrogens (tertiary/aromatic N) is 4. The van der Waals surface area contributed by atoms with Gasteiger partial charge in [0.25, 0.3) is 0 Å². The fraction of sp³-hybridized carbons (Fsp3) is 0.286. The Morgan fingerprint density at radius 3 is 2.90 bits per heavy atom. The molecule has 1 aromatic carbocycles. The van der Waals surface area contributed by atoms with E-state index < -0.39 is 4.92 Å². The van der Waals surface area contributed by atoms with E-state index in [0.717, 1.165) is 24.1 Å². The Hall–Kier alpha value is -2.70. The number of para-hydroxylation sites is 1. The monoisotopic (exact) mass is 285 g/mol. The molecule has 0 spiro atoms. The second-order valence-electron chi connectivity index (χ2n) is 5.07. The lowest BCUT2D eigenvalue weighted by molar-refractivity contribution is -0.383. The highest BCUT2D eigenvalue weighted by Gasteiger charge is 2.32. The molecular weight excluding hydrogens is 270 g/mol. The molecule has 0 fully saturated rings. The molecule has 1 aliphatic rings. The van der Waals surface area contributed by atoms with Gasteiger partial charge in [-0.2, -0.15) is 0 Å². The molecule has 3 rings (SSSR count). The number of fused-ring (bicyclic) bond motifs is 1. The third-order valence-electron chi connectivity index (χ3n) is 3.77. The van der Waals surface area contributed by atoms with Crippen molar-refractivity contribution in [2.24, 2.45) is 0 Å². The van der Waals surface area contributed by atoms with Gasteiger partial charge in [-0.3, -0.25) is 10.1 Å². The lowest BCUT2D eigenvalue weighted by Crippen LogP contribution is -2.34. The van der Waals surface area contributed by atoms with Crippen molar-refractivity contribution in [2.75, 3.05) is 10.6 Å². The number of rotatable bonds is 2. The summed E-state index contributed by atoms with van der Waals surface area (Å²) in [4.78, 5) is 20.5. The maximum atomic E-state index is 11.3. The first-order valence-electron chi connectivity index (χ1n) is 6.71. The number of aromatic nitrogens is 2. The molecule has 108 valence electrons. The zero-order valence-corrected chi connectivity index (χ0v) is 11.6. The van der Waals surface area contributed by atoms with Crippen molar-refractivity contribution in [1.82, 2.24) is 9.97 Å². The summed E-state index contributed by atoms with van der Waals surface area (Å²) in [5.74, 6) is 0.146. The number of nitro groups is 1. The molecule has 0 bridgehead atoms. The van der Waals surface area contributed by atoms with Crippen LogP contribution < -0.4 is 10.6 Å². The fourth-order valence-electron chi connectivity index (χ4n) is 2.75. The van der Waals surface area contributed by atoms with E-state index in [4.69, 9.17) is 5.73 Å². The van der Waals surface area contributed by atoms with Crippen LogP contribution >= 0.6 is 0 Å². The predicted molar refractivity (Wildman–Crippen MR) is 79.5 cm³/mol. The topological polar surface area (TPSA) is 98.2 Å². The molecule has 1 atom stereocenters. The van der Waals surface area contributed by atoms with E-state index in [9.17, 15) is 10.1 Å². The molecule has 0 radical (unpaired) electrons. The molecule has 2 aromatic rings. The number of benzene rings is 1. The molecule has 7 heteroatoms. The smallest absolute Gasteiger partial charge is 0.353 e. The van der Waals surface area contributed by atoms with Crippen LogP contribution in [0.3, 0.4) is 0 Å². The molecule has 1 aromatic heterocycles. The van der Waals surface area contributed by atoms with Crippen molar-refractivity contribution in [3.8, 4) is 0 Å². The van der Waals surface area contributed by atoms with Gasteiger partial charge in [0.2, 0.25) is 11.6 Å². The van der Waals surface area contributed by atoms with E-state index in [0.29, 0.717) is 0 Å². The van der Waals surface area contributed by atoms with Crippen molar-refractivity contribution in [2.45, 2.75) is 25.8 Å². The van der Waals surface area contributed by atoms with Gasteiger partial charge in [0.1, 0.15) is 6.33 Å². The Bertz CT molecular complexity index is 704. The summed E-state index contributed by atoms with van der Waals surface area (Å²) in [5, 5.41) is 11.3.